The van der Waals surface area contributed by atoms with Crippen molar-refractivity contribution >= 4 is 11.7 Å². The lowest BCUT2D eigenvalue weighted by molar-refractivity contribution is 0.184. The number of hydrogen-bond acceptors (Lipinski definition) is 4. The topological polar surface area (TPSA) is 71.3 Å². The molecule has 4 rings (SSSR count). The van der Waals surface area contributed by atoms with Gasteiger partial charge in [0.2, 0.25) is 11.7 Å². The largest absolute Gasteiger partial charge is 0.339 e. The maximum atomic E-state index is 13.3. The van der Waals surface area contributed by atoms with Gasteiger partial charge in [-0.25, -0.2) is 9.18 Å². The van der Waals surface area contributed by atoms with Crippen LogP contribution in [0.3, 0.4) is 0 Å². The Morgan fingerprint density at radius 2 is 2.11 bits per heavy atom. The average Bonchev–Trinajstić information content (AvgIpc) is 3.18. The first-order valence-electron chi connectivity index (χ1n) is 9.30. The highest BCUT2D eigenvalue weighted by molar-refractivity contribution is 5.89. The second-order valence-electron chi connectivity index (χ2n) is 7.05. The Bertz CT molecular complexity index is 988. The second-order valence-corrected chi connectivity index (χ2v) is 7.05. The number of aryl methyl sites for hydroxylation is 1. The minimum Gasteiger partial charge on any atom is -0.339 e. The summed E-state index contributed by atoms with van der Waals surface area (Å²) >= 11 is 0. The predicted octanol–water partition coefficient (Wildman–Crippen LogP) is 4.60. The van der Waals surface area contributed by atoms with Crippen LogP contribution >= 0.6 is 0 Å². The van der Waals surface area contributed by atoms with Gasteiger partial charge in [0, 0.05) is 24.3 Å². The van der Waals surface area contributed by atoms with Gasteiger partial charge in [0.25, 0.3) is 0 Å². The summed E-state index contributed by atoms with van der Waals surface area (Å²) in [5, 5.41) is 6.85. The maximum Gasteiger partial charge on any atom is 0.321 e. The van der Waals surface area contributed by atoms with Crippen molar-refractivity contribution in [2.45, 2.75) is 25.7 Å². The van der Waals surface area contributed by atoms with Crippen molar-refractivity contribution < 1.29 is 13.7 Å². The average molecular weight is 380 g/mol. The zero-order valence-electron chi connectivity index (χ0n) is 15.6. The summed E-state index contributed by atoms with van der Waals surface area (Å²) in [5.74, 6) is 0.696. The Kier molecular flexibility index (Phi) is 5.06. The molecule has 2 amide bonds. The number of rotatable bonds is 3. The van der Waals surface area contributed by atoms with E-state index >= 15 is 0 Å². The van der Waals surface area contributed by atoms with Crippen LogP contribution < -0.4 is 5.32 Å². The molecule has 0 aliphatic carbocycles. The van der Waals surface area contributed by atoms with Gasteiger partial charge in [0.05, 0.1) is 5.92 Å². The molecule has 1 saturated heterocycles. The van der Waals surface area contributed by atoms with E-state index in [0.717, 1.165) is 24.0 Å². The summed E-state index contributed by atoms with van der Waals surface area (Å²) < 4.78 is 18.8. The Labute approximate surface area is 162 Å². The first kappa shape index (κ1) is 18.2. The van der Waals surface area contributed by atoms with Gasteiger partial charge in [-0.3, -0.25) is 0 Å². The number of halogens is 1. The van der Waals surface area contributed by atoms with Crippen molar-refractivity contribution in [1.82, 2.24) is 15.0 Å². The van der Waals surface area contributed by atoms with E-state index in [1.807, 2.05) is 31.2 Å². The number of aromatic nitrogens is 2. The molecule has 2 aromatic carbocycles. The van der Waals surface area contributed by atoms with Gasteiger partial charge < -0.3 is 14.7 Å². The Balaban J connectivity index is 1.44. The van der Waals surface area contributed by atoms with Crippen LogP contribution in [0.4, 0.5) is 14.9 Å². The number of amides is 2. The van der Waals surface area contributed by atoms with Crippen molar-refractivity contribution in [3.05, 3.63) is 65.8 Å². The van der Waals surface area contributed by atoms with Crippen molar-refractivity contribution in [2.24, 2.45) is 0 Å². The molecular formula is C21H21FN4O2. The Morgan fingerprint density at radius 3 is 2.93 bits per heavy atom. The number of piperidine rings is 1. The zero-order chi connectivity index (χ0) is 19.5. The van der Waals surface area contributed by atoms with Gasteiger partial charge in [-0.2, -0.15) is 4.98 Å². The summed E-state index contributed by atoms with van der Waals surface area (Å²) in [5.41, 5.74) is 2.47. The number of anilines is 1. The number of carbonyl (C=O) groups excluding carboxylic acids is 1. The van der Waals surface area contributed by atoms with Crippen molar-refractivity contribution in [1.29, 1.82) is 0 Å². The highest BCUT2D eigenvalue weighted by Gasteiger charge is 2.28. The maximum absolute atomic E-state index is 13.3. The minimum atomic E-state index is -0.385. The van der Waals surface area contributed by atoms with E-state index in [1.54, 1.807) is 17.0 Å². The van der Waals surface area contributed by atoms with Crippen LogP contribution in [0.15, 0.2) is 53.1 Å². The number of nitrogens with one attached hydrogen (secondary N) is 1. The Morgan fingerprint density at radius 1 is 1.25 bits per heavy atom. The molecule has 1 atom stereocenters. The molecule has 1 aromatic heterocycles. The summed E-state index contributed by atoms with van der Waals surface area (Å²) in [6, 6.07) is 13.5. The summed E-state index contributed by atoms with van der Waals surface area (Å²) in [6.45, 7) is 3.13. The highest BCUT2D eigenvalue weighted by atomic mass is 19.1. The van der Waals surface area contributed by atoms with Crippen molar-refractivity contribution in [3.8, 4) is 11.4 Å². The standard InChI is InChI=1S/C21H21FN4O2/c1-14-5-2-6-15(11-14)19-24-20(28-25-19)16-7-4-10-26(13-16)21(27)23-18-9-3-8-17(22)12-18/h2-3,5-6,8-9,11-12,16H,4,7,10,13H2,1H3,(H,23,27)/t16-/m0/s1. The van der Waals surface area contributed by atoms with Crippen LogP contribution in [0.5, 0.6) is 0 Å². The molecule has 2 heterocycles. The third-order valence-corrected chi connectivity index (χ3v) is 4.85. The predicted molar refractivity (Wildman–Crippen MR) is 103 cm³/mol. The molecule has 7 heteroatoms. The third-order valence-electron chi connectivity index (χ3n) is 4.85. The van der Waals surface area contributed by atoms with Crippen LogP contribution in [-0.4, -0.2) is 34.2 Å². The lowest BCUT2D eigenvalue weighted by atomic mass is 9.98. The number of likely N-dealkylation sites (tertiary alicyclic amines) is 1. The van der Waals surface area contributed by atoms with E-state index in [0.29, 0.717) is 30.5 Å². The molecule has 0 unspecified atom stereocenters. The van der Waals surface area contributed by atoms with Gasteiger partial charge in [-0.15, -0.1) is 0 Å². The molecule has 1 aliphatic heterocycles. The number of hydrogen-bond donors (Lipinski definition) is 1. The molecule has 0 radical (unpaired) electrons. The lowest BCUT2D eigenvalue weighted by Crippen LogP contribution is -2.41. The summed E-state index contributed by atoms with van der Waals surface area (Å²) in [7, 11) is 0. The van der Waals surface area contributed by atoms with Gasteiger partial charge in [0.15, 0.2) is 0 Å². The van der Waals surface area contributed by atoms with E-state index in [9.17, 15) is 9.18 Å². The normalized spacial score (nSPS) is 16.8. The van der Waals surface area contributed by atoms with Crippen molar-refractivity contribution in [3.63, 3.8) is 0 Å². The SMILES string of the molecule is Cc1cccc(-c2noc([C@H]3CCCN(C(=O)Nc4cccc(F)c4)C3)n2)c1. The van der Waals surface area contributed by atoms with Gasteiger partial charge >= 0.3 is 6.03 Å². The molecule has 6 nitrogen and oxygen atoms in total. The molecule has 144 valence electrons. The number of benzene rings is 2. The Hall–Kier alpha value is -3.22. The van der Waals surface area contributed by atoms with Crippen LogP contribution in [-0.2, 0) is 0 Å². The van der Waals surface area contributed by atoms with Gasteiger partial charge in [-0.1, -0.05) is 35.0 Å². The molecule has 0 bridgehead atoms. The van der Waals surface area contributed by atoms with Crippen LogP contribution in [0.2, 0.25) is 0 Å². The van der Waals surface area contributed by atoms with Gasteiger partial charge in [0.1, 0.15) is 5.82 Å². The molecule has 0 spiro atoms. The first-order valence-corrected chi connectivity index (χ1v) is 9.30. The molecule has 0 saturated carbocycles. The van der Waals surface area contributed by atoms with Crippen LogP contribution in [0, 0.1) is 12.7 Å². The van der Waals surface area contributed by atoms with E-state index in [-0.39, 0.29) is 17.8 Å². The number of urea groups is 1. The molecule has 1 N–H and O–H groups in total. The second kappa shape index (κ2) is 7.80. The van der Waals surface area contributed by atoms with E-state index < -0.39 is 0 Å². The fraction of sp³-hybridized carbons (Fsp3) is 0.286. The fourth-order valence-corrected chi connectivity index (χ4v) is 3.43. The number of carbonyl (C=O) groups is 1. The molecular weight excluding hydrogens is 359 g/mol. The fourth-order valence-electron chi connectivity index (χ4n) is 3.43. The minimum absolute atomic E-state index is 0.0157. The molecule has 1 fully saturated rings. The number of nitrogens with zero attached hydrogens (tertiary/aromatic N) is 3. The molecule has 3 aromatic rings. The monoisotopic (exact) mass is 380 g/mol. The molecule has 1 aliphatic rings. The van der Waals surface area contributed by atoms with E-state index in [2.05, 4.69) is 15.5 Å². The van der Waals surface area contributed by atoms with Crippen molar-refractivity contribution in [2.75, 3.05) is 18.4 Å². The third kappa shape index (κ3) is 4.03. The highest BCUT2D eigenvalue weighted by Crippen LogP contribution is 2.28. The van der Waals surface area contributed by atoms with Gasteiger partial charge in [-0.05, 0) is 44.0 Å². The van der Waals surface area contributed by atoms with E-state index in [4.69, 9.17) is 4.52 Å². The van der Waals surface area contributed by atoms with Crippen LogP contribution in [0.1, 0.15) is 30.2 Å². The first-order chi connectivity index (χ1) is 13.6. The zero-order valence-corrected chi connectivity index (χ0v) is 15.6. The summed E-state index contributed by atoms with van der Waals surface area (Å²) in [6.07, 6.45) is 1.71. The smallest absolute Gasteiger partial charge is 0.321 e. The summed E-state index contributed by atoms with van der Waals surface area (Å²) in [4.78, 5) is 18.8. The lowest BCUT2D eigenvalue weighted by Gasteiger charge is -2.31. The molecule has 28 heavy (non-hydrogen) atoms. The quantitative estimate of drug-likeness (QED) is 0.721. The van der Waals surface area contributed by atoms with Crippen LogP contribution in [0.25, 0.3) is 11.4 Å². The van der Waals surface area contributed by atoms with E-state index in [1.165, 1.54) is 12.1 Å².